The van der Waals surface area contributed by atoms with E-state index < -0.39 is 0 Å². The molecule has 4 rings (SSSR count). The fourth-order valence-corrected chi connectivity index (χ4v) is 3.76. The molecule has 0 unspecified atom stereocenters. The van der Waals surface area contributed by atoms with Crippen molar-refractivity contribution in [3.05, 3.63) is 66.4 Å². The standard InChI is InChI=1S/C21H20N2O3S/c1-14(27-21-22-13-19(26-21)15-7-3-2-4-8-15)20(24)23-17-11-12-25-18-10-6-5-9-16(17)18/h2-10,13-14,17H,11-12H2,1H3,(H,23,24)/t14-,17-/m1/s1. The van der Waals surface area contributed by atoms with Crippen LogP contribution in [0.1, 0.15) is 24.9 Å². The Hall–Kier alpha value is -2.73. The first kappa shape index (κ1) is 17.7. The van der Waals surface area contributed by atoms with Gasteiger partial charge in [0.1, 0.15) is 5.75 Å². The molecule has 3 aromatic rings. The second-order valence-corrected chi connectivity index (χ2v) is 7.64. The van der Waals surface area contributed by atoms with Crippen molar-refractivity contribution in [3.8, 4) is 17.1 Å². The predicted octanol–water partition coefficient (Wildman–Crippen LogP) is 4.46. The summed E-state index contributed by atoms with van der Waals surface area (Å²) in [5, 5.41) is 3.30. The van der Waals surface area contributed by atoms with Gasteiger partial charge in [-0.05, 0) is 13.0 Å². The van der Waals surface area contributed by atoms with Crippen LogP contribution in [-0.2, 0) is 4.79 Å². The Balaban J connectivity index is 1.40. The second-order valence-electron chi connectivity index (χ2n) is 6.35. The smallest absolute Gasteiger partial charge is 0.256 e. The largest absolute Gasteiger partial charge is 0.493 e. The summed E-state index contributed by atoms with van der Waals surface area (Å²) in [4.78, 5) is 17.0. The zero-order valence-electron chi connectivity index (χ0n) is 14.9. The van der Waals surface area contributed by atoms with Crippen molar-refractivity contribution in [1.29, 1.82) is 0 Å². The molecule has 5 nitrogen and oxygen atoms in total. The number of hydrogen-bond acceptors (Lipinski definition) is 5. The Morgan fingerprint density at radius 1 is 1.19 bits per heavy atom. The molecule has 1 aliphatic heterocycles. The van der Waals surface area contributed by atoms with Crippen molar-refractivity contribution in [3.63, 3.8) is 0 Å². The Morgan fingerprint density at radius 2 is 1.96 bits per heavy atom. The van der Waals surface area contributed by atoms with Crippen LogP contribution in [0.25, 0.3) is 11.3 Å². The summed E-state index contributed by atoms with van der Waals surface area (Å²) in [6.45, 7) is 2.46. The number of nitrogens with zero attached hydrogens (tertiary/aromatic N) is 1. The molecule has 0 aliphatic carbocycles. The Kier molecular flexibility index (Phi) is 5.16. The number of hydrogen-bond donors (Lipinski definition) is 1. The topological polar surface area (TPSA) is 64.4 Å². The maximum absolute atomic E-state index is 12.7. The molecule has 0 radical (unpaired) electrons. The van der Waals surface area contributed by atoms with Gasteiger partial charge in [0.25, 0.3) is 5.22 Å². The van der Waals surface area contributed by atoms with E-state index in [-0.39, 0.29) is 17.2 Å². The average molecular weight is 380 g/mol. The van der Waals surface area contributed by atoms with Crippen LogP contribution in [0.4, 0.5) is 0 Å². The van der Waals surface area contributed by atoms with E-state index in [1.807, 2.05) is 61.5 Å². The van der Waals surface area contributed by atoms with Gasteiger partial charge in [-0.3, -0.25) is 4.79 Å². The van der Waals surface area contributed by atoms with Gasteiger partial charge < -0.3 is 14.5 Å². The third-order valence-electron chi connectivity index (χ3n) is 4.46. The van der Waals surface area contributed by atoms with Crippen molar-refractivity contribution in [2.24, 2.45) is 0 Å². The van der Waals surface area contributed by atoms with Crippen LogP contribution in [0.5, 0.6) is 5.75 Å². The van der Waals surface area contributed by atoms with Crippen molar-refractivity contribution in [2.75, 3.05) is 6.61 Å². The van der Waals surface area contributed by atoms with Crippen molar-refractivity contribution < 1.29 is 13.9 Å². The Bertz CT molecular complexity index is 926. The number of fused-ring (bicyclic) bond motifs is 1. The van der Waals surface area contributed by atoms with E-state index in [9.17, 15) is 4.79 Å². The first-order valence-electron chi connectivity index (χ1n) is 8.91. The molecule has 0 saturated carbocycles. The van der Waals surface area contributed by atoms with E-state index in [4.69, 9.17) is 9.15 Å². The minimum Gasteiger partial charge on any atom is -0.493 e. The van der Waals surface area contributed by atoms with Gasteiger partial charge in [0.15, 0.2) is 5.76 Å². The number of amides is 1. The summed E-state index contributed by atoms with van der Waals surface area (Å²) < 4.78 is 11.4. The first-order valence-corrected chi connectivity index (χ1v) is 9.78. The SMILES string of the molecule is C[C@@H](Sc1ncc(-c2ccccc2)o1)C(=O)N[C@@H]1CCOc2ccccc21. The number of ether oxygens (including phenoxy) is 1. The summed E-state index contributed by atoms with van der Waals surface area (Å²) in [7, 11) is 0. The molecule has 138 valence electrons. The minimum atomic E-state index is -0.317. The maximum Gasteiger partial charge on any atom is 0.256 e. The normalized spacial score (nSPS) is 16.9. The lowest BCUT2D eigenvalue weighted by Crippen LogP contribution is -2.36. The van der Waals surface area contributed by atoms with Gasteiger partial charge in [-0.15, -0.1) is 0 Å². The molecule has 2 atom stereocenters. The Labute approximate surface area is 162 Å². The highest BCUT2D eigenvalue weighted by atomic mass is 32.2. The monoisotopic (exact) mass is 380 g/mol. The highest BCUT2D eigenvalue weighted by molar-refractivity contribution is 8.00. The number of carbonyl (C=O) groups is 1. The molecule has 0 spiro atoms. The molecule has 1 amide bonds. The molecule has 1 aliphatic rings. The number of aromatic nitrogens is 1. The molecule has 27 heavy (non-hydrogen) atoms. The van der Waals surface area contributed by atoms with Gasteiger partial charge in [0.2, 0.25) is 5.91 Å². The van der Waals surface area contributed by atoms with Crippen molar-refractivity contribution >= 4 is 17.7 Å². The number of oxazole rings is 1. The summed E-state index contributed by atoms with van der Waals surface area (Å²) in [6, 6.07) is 17.6. The molecule has 1 aromatic heterocycles. The molecular formula is C21H20N2O3S. The van der Waals surface area contributed by atoms with Crippen LogP contribution in [0.15, 0.2) is 70.4 Å². The zero-order valence-corrected chi connectivity index (χ0v) is 15.7. The summed E-state index contributed by atoms with van der Waals surface area (Å²) in [5.74, 6) is 1.50. The first-order chi connectivity index (χ1) is 13.2. The van der Waals surface area contributed by atoms with Gasteiger partial charge in [-0.2, -0.15) is 0 Å². The van der Waals surface area contributed by atoms with E-state index in [2.05, 4.69) is 10.3 Å². The molecule has 2 aromatic carbocycles. The van der Waals surface area contributed by atoms with E-state index >= 15 is 0 Å². The highest BCUT2D eigenvalue weighted by Gasteiger charge is 2.25. The number of para-hydroxylation sites is 1. The number of carbonyl (C=O) groups excluding carboxylic acids is 1. The summed E-state index contributed by atoms with van der Waals surface area (Å²) >= 11 is 1.32. The Morgan fingerprint density at radius 3 is 2.81 bits per heavy atom. The third kappa shape index (κ3) is 4.01. The van der Waals surface area contributed by atoms with E-state index in [1.54, 1.807) is 6.20 Å². The fraction of sp³-hybridized carbons (Fsp3) is 0.238. The minimum absolute atomic E-state index is 0.0325. The quantitative estimate of drug-likeness (QED) is 0.662. The van der Waals surface area contributed by atoms with Gasteiger partial charge in [-0.1, -0.05) is 60.3 Å². The van der Waals surface area contributed by atoms with Gasteiger partial charge in [0.05, 0.1) is 24.1 Å². The van der Waals surface area contributed by atoms with Crippen LogP contribution >= 0.6 is 11.8 Å². The molecular weight excluding hydrogens is 360 g/mol. The van der Waals surface area contributed by atoms with Crippen LogP contribution in [-0.4, -0.2) is 22.7 Å². The number of rotatable bonds is 5. The number of thioether (sulfide) groups is 1. The molecule has 1 N–H and O–H groups in total. The fourth-order valence-electron chi connectivity index (χ4n) is 3.03. The van der Waals surface area contributed by atoms with E-state index in [0.717, 1.165) is 23.3 Å². The van der Waals surface area contributed by atoms with Gasteiger partial charge in [0, 0.05) is 17.5 Å². The maximum atomic E-state index is 12.7. The van der Waals surface area contributed by atoms with Crippen LogP contribution in [0.2, 0.25) is 0 Å². The highest BCUT2D eigenvalue weighted by Crippen LogP contribution is 2.33. The number of benzene rings is 2. The van der Waals surface area contributed by atoms with Gasteiger partial charge >= 0.3 is 0 Å². The van der Waals surface area contributed by atoms with Crippen molar-refractivity contribution in [2.45, 2.75) is 29.9 Å². The molecule has 2 heterocycles. The molecule has 0 bridgehead atoms. The van der Waals surface area contributed by atoms with Gasteiger partial charge in [-0.25, -0.2) is 4.98 Å². The van der Waals surface area contributed by atoms with E-state index in [0.29, 0.717) is 17.6 Å². The average Bonchev–Trinajstić information content (AvgIpc) is 3.17. The molecule has 0 saturated heterocycles. The van der Waals surface area contributed by atoms with Crippen LogP contribution in [0.3, 0.4) is 0 Å². The number of nitrogens with one attached hydrogen (secondary N) is 1. The lowest BCUT2D eigenvalue weighted by atomic mass is 10.0. The third-order valence-corrected chi connectivity index (χ3v) is 5.42. The predicted molar refractivity (Wildman–Crippen MR) is 105 cm³/mol. The van der Waals surface area contributed by atoms with Crippen LogP contribution < -0.4 is 10.1 Å². The summed E-state index contributed by atoms with van der Waals surface area (Å²) in [6.07, 6.45) is 2.45. The van der Waals surface area contributed by atoms with E-state index in [1.165, 1.54) is 11.8 Å². The molecule has 0 fully saturated rings. The van der Waals surface area contributed by atoms with Crippen LogP contribution in [0, 0.1) is 0 Å². The second kappa shape index (κ2) is 7.88. The lowest BCUT2D eigenvalue weighted by Gasteiger charge is -2.27. The lowest BCUT2D eigenvalue weighted by molar-refractivity contribution is -0.121. The summed E-state index contributed by atoms with van der Waals surface area (Å²) in [5.41, 5.74) is 1.99. The zero-order chi connectivity index (χ0) is 18.6. The van der Waals surface area contributed by atoms with Crippen molar-refractivity contribution in [1.82, 2.24) is 10.3 Å². The molecule has 6 heteroatoms.